The number of rotatable bonds is 4. The van der Waals surface area contributed by atoms with E-state index in [1.165, 1.54) is 6.92 Å². The number of methoxy groups -OCH3 is 1. The number of nitrogens with two attached hydrogens (primary N) is 1. The standard InChI is InChI=1S/C16H22N2O3.ClH/c1-11(19)12-5-6-15(21-2)13(8-12)9-16(20)18-7-3-4-14(17)10-18;/h5-6,8,14H,3-4,7,9-10,17H2,1-2H3;1H. The van der Waals surface area contributed by atoms with Crippen LogP contribution in [-0.2, 0) is 11.2 Å². The van der Waals surface area contributed by atoms with Gasteiger partial charge < -0.3 is 15.4 Å². The molecule has 1 atom stereocenters. The van der Waals surface area contributed by atoms with E-state index in [0.29, 0.717) is 17.9 Å². The summed E-state index contributed by atoms with van der Waals surface area (Å²) in [5, 5.41) is 0. The first-order valence-electron chi connectivity index (χ1n) is 7.22. The van der Waals surface area contributed by atoms with Gasteiger partial charge in [0, 0.05) is 30.3 Å². The Morgan fingerprint density at radius 3 is 2.73 bits per heavy atom. The zero-order valence-corrected chi connectivity index (χ0v) is 13.8. The Morgan fingerprint density at radius 2 is 2.14 bits per heavy atom. The third kappa shape index (κ3) is 4.45. The van der Waals surface area contributed by atoms with Gasteiger partial charge in [-0.25, -0.2) is 0 Å². The Labute approximate surface area is 137 Å². The van der Waals surface area contributed by atoms with Crippen molar-refractivity contribution in [1.82, 2.24) is 4.90 Å². The molecule has 0 aromatic heterocycles. The highest BCUT2D eigenvalue weighted by molar-refractivity contribution is 5.94. The first-order valence-corrected chi connectivity index (χ1v) is 7.22. The van der Waals surface area contributed by atoms with Gasteiger partial charge in [0.05, 0.1) is 13.5 Å². The van der Waals surface area contributed by atoms with Crippen molar-refractivity contribution in [1.29, 1.82) is 0 Å². The number of benzene rings is 1. The van der Waals surface area contributed by atoms with E-state index in [4.69, 9.17) is 10.5 Å². The van der Waals surface area contributed by atoms with Crippen molar-refractivity contribution in [3.63, 3.8) is 0 Å². The zero-order chi connectivity index (χ0) is 15.4. The fourth-order valence-corrected chi connectivity index (χ4v) is 2.65. The number of halogens is 1. The predicted molar refractivity (Wildman–Crippen MR) is 87.7 cm³/mol. The molecule has 5 nitrogen and oxygen atoms in total. The normalized spacial score (nSPS) is 17.6. The van der Waals surface area contributed by atoms with Crippen LogP contribution < -0.4 is 10.5 Å². The molecule has 22 heavy (non-hydrogen) atoms. The van der Waals surface area contributed by atoms with E-state index >= 15 is 0 Å². The fourth-order valence-electron chi connectivity index (χ4n) is 2.65. The van der Waals surface area contributed by atoms with Crippen LogP contribution >= 0.6 is 12.4 Å². The van der Waals surface area contributed by atoms with Crippen molar-refractivity contribution in [2.24, 2.45) is 5.73 Å². The first kappa shape index (κ1) is 18.5. The Kier molecular flexibility index (Phi) is 6.84. The molecule has 6 heteroatoms. The number of amides is 1. The second-order valence-electron chi connectivity index (χ2n) is 5.50. The molecule has 1 aromatic carbocycles. The molecule has 1 aliphatic heterocycles. The average Bonchev–Trinajstić information content (AvgIpc) is 2.47. The number of nitrogens with zero attached hydrogens (tertiary/aromatic N) is 1. The highest BCUT2D eigenvalue weighted by Crippen LogP contribution is 2.22. The Balaban J connectivity index is 0.00000242. The third-order valence-corrected chi connectivity index (χ3v) is 3.84. The van der Waals surface area contributed by atoms with Gasteiger partial charge in [-0.2, -0.15) is 0 Å². The van der Waals surface area contributed by atoms with Crippen molar-refractivity contribution in [2.75, 3.05) is 20.2 Å². The molecule has 1 aliphatic rings. The van der Waals surface area contributed by atoms with Crippen LogP contribution in [0.15, 0.2) is 18.2 Å². The van der Waals surface area contributed by atoms with Gasteiger partial charge in [-0.3, -0.25) is 9.59 Å². The van der Waals surface area contributed by atoms with Gasteiger partial charge in [0.25, 0.3) is 0 Å². The lowest BCUT2D eigenvalue weighted by Gasteiger charge is -2.31. The van der Waals surface area contributed by atoms with Crippen LogP contribution in [0.5, 0.6) is 5.75 Å². The molecule has 1 amide bonds. The molecule has 0 spiro atoms. The number of Topliss-reactive ketones (excluding diaryl/α,β-unsaturated/α-hetero) is 1. The molecule has 122 valence electrons. The molecule has 1 unspecified atom stereocenters. The van der Waals surface area contributed by atoms with Crippen LogP contribution in [-0.4, -0.2) is 42.8 Å². The Hall–Kier alpha value is -1.59. The monoisotopic (exact) mass is 326 g/mol. The maximum absolute atomic E-state index is 12.4. The largest absolute Gasteiger partial charge is 0.496 e. The van der Waals surface area contributed by atoms with Gasteiger partial charge in [0.1, 0.15) is 5.75 Å². The summed E-state index contributed by atoms with van der Waals surface area (Å²) in [5.41, 5.74) is 7.25. The van der Waals surface area contributed by atoms with Crippen molar-refractivity contribution < 1.29 is 14.3 Å². The number of likely N-dealkylation sites (tertiary alicyclic amines) is 1. The summed E-state index contributed by atoms with van der Waals surface area (Å²) in [6, 6.07) is 5.25. The lowest BCUT2D eigenvalue weighted by atomic mass is 10.0. The van der Waals surface area contributed by atoms with Crippen molar-refractivity contribution >= 4 is 24.1 Å². The van der Waals surface area contributed by atoms with Crippen LogP contribution in [0.25, 0.3) is 0 Å². The molecule has 0 bridgehead atoms. The van der Waals surface area contributed by atoms with Crippen LogP contribution in [0.1, 0.15) is 35.7 Å². The van der Waals surface area contributed by atoms with E-state index in [0.717, 1.165) is 24.9 Å². The Morgan fingerprint density at radius 1 is 1.41 bits per heavy atom. The number of hydrogen-bond donors (Lipinski definition) is 1. The second-order valence-corrected chi connectivity index (χ2v) is 5.50. The van der Waals surface area contributed by atoms with Crippen molar-refractivity contribution in [3.05, 3.63) is 29.3 Å². The van der Waals surface area contributed by atoms with Crippen molar-refractivity contribution in [3.8, 4) is 5.75 Å². The predicted octanol–water partition coefficient (Wildman–Crippen LogP) is 1.81. The average molecular weight is 327 g/mol. The highest BCUT2D eigenvalue weighted by Gasteiger charge is 2.22. The number of carbonyl (C=O) groups excluding carboxylic acids is 2. The van der Waals surface area contributed by atoms with Gasteiger partial charge in [-0.15, -0.1) is 12.4 Å². The van der Waals surface area contributed by atoms with E-state index in [1.807, 2.05) is 0 Å². The molecule has 1 fully saturated rings. The van der Waals surface area contributed by atoms with Crippen molar-refractivity contribution in [2.45, 2.75) is 32.2 Å². The van der Waals surface area contributed by atoms with Crippen LogP contribution in [0.4, 0.5) is 0 Å². The molecule has 0 radical (unpaired) electrons. The van der Waals surface area contributed by atoms with Gasteiger partial charge >= 0.3 is 0 Å². The number of hydrogen-bond acceptors (Lipinski definition) is 4. The SMILES string of the molecule is COc1ccc(C(C)=O)cc1CC(=O)N1CCCC(N)C1.Cl. The minimum Gasteiger partial charge on any atom is -0.496 e. The van der Waals surface area contributed by atoms with E-state index in [-0.39, 0.29) is 36.6 Å². The number of ether oxygens (including phenoxy) is 1. The quantitative estimate of drug-likeness (QED) is 0.856. The van der Waals surface area contributed by atoms with Gasteiger partial charge in [0.2, 0.25) is 5.91 Å². The van der Waals surface area contributed by atoms with E-state index in [2.05, 4.69) is 0 Å². The molecule has 1 aromatic rings. The summed E-state index contributed by atoms with van der Waals surface area (Å²) >= 11 is 0. The molecule has 1 heterocycles. The van der Waals surface area contributed by atoms with Crippen LogP contribution in [0.3, 0.4) is 0 Å². The summed E-state index contributed by atoms with van der Waals surface area (Å²) in [4.78, 5) is 25.7. The smallest absolute Gasteiger partial charge is 0.227 e. The molecule has 0 saturated carbocycles. The number of carbonyl (C=O) groups is 2. The number of ketones is 1. The molecule has 2 rings (SSSR count). The van der Waals surface area contributed by atoms with Crippen LogP contribution in [0.2, 0.25) is 0 Å². The highest BCUT2D eigenvalue weighted by atomic mass is 35.5. The minimum atomic E-state index is -0.0219. The summed E-state index contributed by atoms with van der Waals surface area (Å²) in [5.74, 6) is 0.644. The topological polar surface area (TPSA) is 72.6 Å². The zero-order valence-electron chi connectivity index (χ0n) is 13.0. The van der Waals surface area contributed by atoms with Crippen LogP contribution in [0, 0.1) is 0 Å². The summed E-state index contributed by atoms with van der Waals surface area (Å²) < 4.78 is 5.28. The van der Waals surface area contributed by atoms with E-state index in [1.54, 1.807) is 30.2 Å². The Bertz CT molecular complexity index is 548. The second kappa shape index (κ2) is 8.15. The molecular formula is C16H23ClN2O3. The van der Waals surface area contributed by atoms with Gasteiger partial charge in [0.15, 0.2) is 5.78 Å². The van der Waals surface area contributed by atoms with Gasteiger partial charge in [-0.05, 0) is 38.0 Å². The van der Waals surface area contributed by atoms with E-state index < -0.39 is 0 Å². The number of piperidine rings is 1. The van der Waals surface area contributed by atoms with E-state index in [9.17, 15) is 9.59 Å². The molecule has 2 N–H and O–H groups in total. The fraction of sp³-hybridized carbons (Fsp3) is 0.500. The lowest BCUT2D eigenvalue weighted by molar-refractivity contribution is -0.131. The minimum absolute atomic E-state index is 0. The first-order chi connectivity index (χ1) is 10.0. The molecule has 0 aliphatic carbocycles. The third-order valence-electron chi connectivity index (χ3n) is 3.84. The summed E-state index contributed by atoms with van der Waals surface area (Å²) in [6.45, 7) is 2.87. The summed E-state index contributed by atoms with van der Waals surface area (Å²) in [6.07, 6.45) is 2.14. The molecular weight excluding hydrogens is 304 g/mol. The maximum atomic E-state index is 12.4. The maximum Gasteiger partial charge on any atom is 0.227 e. The van der Waals surface area contributed by atoms with Gasteiger partial charge in [-0.1, -0.05) is 0 Å². The lowest BCUT2D eigenvalue weighted by Crippen LogP contribution is -2.46. The molecule has 1 saturated heterocycles. The summed E-state index contributed by atoms with van der Waals surface area (Å²) in [7, 11) is 1.56.